The van der Waals surface area contributed by atoms with Gasteiger partial charge in [-0.15, -0.1) is 0 Å². The van der Waals surface area contributed by atoms with Crippen LogP contribution in [0.1, 0.15) is 62.8 Å². The van der Waals surface area contributed by atoms with Gasteiger partial charge in [-0.2, -0.15) is 0 Å². The van der Waals surface area contributed by atoms with Crippen molar-refractivity contribution in [2.75, 3.05) is 0 Å². The summed E-state index contributed by atoms with van der Waals surface area (Å²) in [6.45, 7) is 6.64. The summed E-state index contributed by atoms with van der Waals surface area (Å²) in [5.74, 6) is 0.822. The second-order valence-electron chi connectivity index (χ2n) is 10.1. The maximum absolute atomic E-state index is 14.0. The lowest BCUT2D eigenvalue weighted by Gasteiger charge is -2.37. The van der Waals surface area contributed by atoms with Gasteiger partial charge in [-0.05, 0) is 47.3 Å². The van der Waals surface area contributed by atoms with Crippen molar-refractivity contribution in [2.24, 2.45) is 17.8 Å². The fraction of sp³-hybridized carbons (Fsp3) is 0.344. The van der Waals surface area contributed by atoms with Crippen LogP contribution in [0, 0.1) is 17.8 Å². The van der Waals surface area contributed by atoms with Crippen LogP contribution < -0.4 is 0 Å². The van der Waals surface area contributed by atoms with E-state index in [0.717, 1.165) is 30.4 Å². The van der Waals surface area contributed by atoms with Crippen molar-refractivity contribution in [3.63, 3.8) is 0 Å². The zero-order valence-electron chi connectivity index (χ0n) is 20.9. The molecule has 3 aromatic carbocycles. The standard InChI is InChI=1S/C32H36O3/c1-22(2)27-20-19-23(3)21-28(27)35-32(34)30(31(33)26-17-11-6-12-18-26)29(24-13-7-4-8-14-24)25-15-9-5-10-16-25/h4-18,22-23,27-28,31,33H,19-21H2,1-3H3/t23-,27-,28-,31-/m1/s1. The van der Waals surface area contributed by atoms with Crippen molar-refractivity contribution in [3.8, 4) is 0 Å². The van der Waals surface area contributed by atoms with Gasteiger partial charge in [0.15, 0.2) is 0 Å². The third-order valence-corrected chi connectivity index (χ3v) is 7.22. The first-order valence-electron chi connectivity index (χ1n) is 12.7. The molecule has 0 saturated heterocycles. The van der Waals surface area contributed by atoms with E-state index in [9.17, 15) is 9.90 Å². The number of benzene rings is 3. The number of ether oxygens (including phenoxy) is 1. The summed E-state index contributed by atoms with van der Waals surface area (Å²) in [5, 5.41) is 11.6. The highest BCUT2D eigenvalue weighted by atomic mass is 16.5. The molecule has 1 aliphatic rings. The summed E-state index contributed by atoms with van der Waals surface area (Å²) in [6, 6.07) is 29.0. The molecule has 0 bridgehead atoms. The molecule has 0 aromatic heterocycles. The predicted octanol–water partition coefficient (Wildman–Crippen LogP) is 7.23. The second kappa shape index (κ2) is 11.5. The van der Waals surface area contributed by atoms with Crippen LogP contribution in [0.3, 0.4) is 0 Å². The van der Waals surface area contributed by atoms with Gasteiger partial charge >= 0.3 is 5.97 Å². The van der Waals surface area contributed by atoms with Crippen molar-refractivity contribution in [3.05, 3.63) is 113 Å². The number of aliphatic hydroxyl groups is 1. The van der Waals surface area contributed by atoms with Crippen LogP contribution >= 0.6 is 0 Å². The predicted molar refractivity (Wildman–Crippen MR) is 142 cm³/mol. The van der Waals surface area contributed by atoms with Crippen LogP contribution in [0.5, 0.6) is 0 Å². The van der Waals surface area contributed by atoms with Gasteiger partial charge in [0.05, 0.1) is 5.57 Å². The lowest BCUT2D eigenvalue weighted by atomic mass is 9.75. The molecule has 4 atom stereocenters. The molecule has 3 nitrogen and oxygen atoms in total. The zero-order chi connectivity index (χ0) is 24.8. The minimum atomic E-state index is -1.11. The monoisotopic (exact) mass is 468 g/mol. The Balaban J connectivity index is 1.85. The summed E-state index contributed by atoms with van der Waals surface area (Å²) in [6.07, 6.45) is 1.80. The minimum absolute atomic E-state index is 0.156. The van der Waals surface area contributed by atoms with Crippen LogP contribution in [-0.2, 0) is 9.53 Å². The normalized spacial score (nSPS) is 20.8. The number of hydrogen-bond acceptors (Lipinski definition) is 3. The summed E-state index contributed by atoms with van der Waals surface area (Å²) in [7, 11) is 0. The number of aliphatic hydroxyl groups excluding tert-OH is 1. The van der Waals surface area contributed by atoms with Crippen molar-refractivity contribution in [2.45, 2.75) is 52.2 Å². The van der Waals surface area contributed by atoms with Crippen LogP contribution in [-0.4, -0.2) is 17.2 Å². The molecule has 0 spiro atoms. The molecule has 0 amide bonds. The van der Waals surface area contributed by atoms with E-state index in [-0.39, 0.29) is 11.7 Å². The molecule has 182 valence electrons. The van der Waals surface area contributed by atoms with Crippen LogP contribution in [0.25, 0.3) is 5.57 Å². The van der Waals surface area contributed by atoms with Gasteiger partial charge in [0.2, 0.25) is 0 Å². The minimum Gasteiger partial charge on any atom is -0.459 e. The smallest absolute Gasteiger partial charge is 0.337 e. The quantitative estimate of drug-likeness (QED) is 0.294. The number of hydrogen-bond donors (Lipinski definition) is 1. The fourth-order valence-electron chi connectivity index (χ4n) is 5.29. The first-order chi connectivity index (χ1) is 17.0. The van der Waals surface area contributed by atoms with E-state index in [2.05, 4.69) is 20.8 Å². The third kappa shape index (κ3) is 5.91. The Morgan fingerprint density at radius 2 is 1.34 bits per heavy atom. The van der Waals surface area contributed by atoms with Crippen molar-refractivity contribution in [1.82, 2.24) is 0 Å². The average molecular weight is 469 g/mol. The third-order valence-electron chi connectivity index (χ3n) is 7.22. The summed E-state index contributed by atoms with van der Waals surface area (Å²) >= 11 is 0. The molecule has 3 heteroatoms. The van der Waals surface area contributed by atoms with Gasteiger partial charge in [0.25, 0.3) is 0 Å². The van der Waals surface area contributed by atoms with Crippen LogP contribution in [0.15, 0.2) is 96.6 Å². The lowest BCUT2D eigenvalue weighted by molar-refractivity contribution is -0.152. The first-order valence-corrected chi connectivity index (χ1v) is 12.7. The highest BCUT2D eigenvalue weighted by molar-refractivity contribution is 6.03. The first kappa shape index (κ1) is 24.9. The van der Waals surface area contributed by atoms with E-state index in [1.807, 2.05) is 91.0 Å². The fourth-order valence-corrected chi connectivity index (χ4v) is 5.29. The van der Waals surface area contributed by atoms with Gasteiger partial charge < -0.3 is 9.84 Å². The maximum atomic E-state index is 14.0. The Labute approximate surface area is 209 Å². The van der Waals surface area contributed by atoms with E-state index < -0.39 is 12.1 Å². The van der Waals surface area contributed by atoms with Crippen molar-refractivity contribution in [1.29, 1.82) is 0 Å². The number of carbonyl (C=O) groups is 1. The lowest BCUT2D eigenvalue weighted by Crippen LogP contribution is -2.36. The molecule has 4 rings (SSSR count). The summed E-state index contributed by atoms with van der Waals surface area (Å²) in [4.78, 5) is 14.0. The van der Waals surface area contributed by atoms with Gasteiger partial charge in [-0.1, -0.05) is 118 Å². The molecule has 1 N–H and O–H groups in total. The van der Waals surface area contributed by atoms with E-state index in [4.69, 9.17) is 4.74 Å². The van der Waals surface area contributed by atoms with Gasteiger partial charge in [-0.3, -0.25) is 0 Å². The molecular weight excluding hydrogens is 432 g/mol. The SMILES string of the molecule is CC(C)[C@H]1CC[C@@H](C)C[C@H]1OC(=O)C(=C(c1ccccc1)c1ccccc1)[C@H](O)c1ccccc1. The average Bonchev–Trinajstić information content (AvgIpc) is 2.88. The van der Waals surface area contributed by atoms with Gasteiger partial charge in [0.1, 0.15) is 12.2 Å². The largest absolute Gasteiger partial charge is 0.459 e. The van der Waals surface area contributed by atoms with E-state index in [1.54, 1.807) is 0 Å². The van der Waals surface area contributed by atoms with Crippen molar-refractivity contribution >= 4 is 11.5 Å². The Bertz CT molecular complexity index is 1080. The molecule has 0 unspecified atom stereocenters. The van der Waals surface area contributed by atoms with Crippen molar-refractivity contribution < 1.29 is 14.6 Å². The van der Waals surface area contributed by atoms with Crippen LogP contribution in [0.4, 0.5) is 0 Å². The highest BCUT2D eigenvalue weighted by Crippen LogP contribution is 2.39. The second-order valence-corrected chi connectivity index (χ2v) is 10.1. The molecule has 35 heavy (non-hydrogen) atoms. The summed E-state index contributed by atoms with van der Waals surface area (Å²) < 4.78 is 6.31. The molecule has 0 aliphatic heterocycles. The Kier molecular flexibility index (Phi) is 8.20. The molecule has 0 radical (unpaired) electrons. The molecule has 1 fully saturated rings. The van der Waals surface area contributed by atoms with E-state index >= 15 is 0 Å². The zero-order valence-corrected chi connectivity index (χ0v) is 20.9. The van der Waals surface area contributed by atoms with Crippen LogP contribution in [0.2, 0.25) is 0 Å². The van der Waals surface area contributed by atoms with Gasteiger partial charge in [0, 0.05) is 5.57 Å². The Morgan fingerprint density at radius 1 is 0.829 bits per heavy atom. The Morgan fingerprint density at radius 3 is 1.86 bits per heavy atom. The molecule has 0 heterocycles. The molecular formula is C32H36O3. The number of rotatable bonds is 7. The topological polar surface area (TPSA) is 46.5 Å². The van der Waals surface area contributed by atoms with Gasteiger partial charge in [-0.25, -0.2) is 4.79 Å². The van der Waals surface area contributed by atoms with E-state index in [1.165, 1.54) is 0 Å². The summed E-state index contributed by atoms with van der Waals surface area (Å²) in [5.41, 5.74) is 3.41. The Hall–Kier alpha value is -3.17. The molecule has 1 saturated carbocycles. The van der Waals surface area contributed by atoms with E-state index in [0.29, 0.717) is 28.9 Å². The molecule has 1 aliphatic carbocycles. The number of carbonyl (C=O) groups excluding carboxylic acids is 1. The highest BCUT2D eigenvalue weighted by Gasteiger charge is 2.36. The maximum Gasteiger partial charge on any atom is 0.337 e. The molecule has 3 aromatic rings. The number of esters is 1.